The Kier molecular flexibility index (Phi) is 4.83. The molecule has 144 valence electrons. The Morgan fingerprint density at radius 1 is 1.00 bits per heavy atom. The number of rotatable bonds is 4. The molecule has 0 saturated carbocycles. The molecule has 29 heavy (non-hydrogen) atoms. The topological polar surface area (TPSA) is 64.6 Å². The van der Waals surface area contributed by atoms with Gasteiger partial charge in [-0.25, -0.2) is 9.18 Å². The molecule has 0 radical (unpaired) electrons. The molecule has 1 aliphatic heterocycles. The van der Waals surface area contributed by atoms with E-state index in [1.54, 1.807) is 30.3 Å². The second kappa shape index (κ2) is 7.59. The van der Waals surface area contributed by atoms with Crippen molar-refractivity contribution >= 4 is 29.2 Å². The fourth-order valence-corrected chi connectivity index (χ4v) is 3.09. The highest BCUT2D eigenvalue weighted by Gasteiger charge is 2.23. The van der Waals surface area contributed by atoms with Gasteiger partial charge in [-0.3, -0.25) is 4.79 Å². The molecular weight excluding hydrogens is 373 g/mol. The van der Waals surface area contributed by atoms with Crippen molar-refractivity contribution in [2.24, 2.45) is 0 Å². The zero-order valence-electron chi connectivity index (χ0n) is 15.4. The number of benzene rings is 3. The summed E-state index contributed by atoms with van der Waals surface area (Å²) in [6.07, 6.45) is 1.73. The number of hydrogen-bond acceptors (Lipinski definition) is 4. The molecule has 6 heteroatoms. The molecule has 3 aromatic carbocycles. The largest absolute Gasteiger partial charge is 0.493 e. The standard InChI is InChI=1S/C23H16FNO4/c1-28-21-13-14(12-17-15-6-3-5-9-19(15)25-22(17)26)10-11-20(21)29-23(27)16-7-2-4-8-18(16)24/h2-13H,1H3,(H,25,26). The molecule has 0 saturated heterocycles. The van der Waals surface area contributed by atoms with Crippen molar-refractivity contribution in [3.05, 3.63) is 89.2 Å². The molecule has 4 rings (SSSR count). The smallest absolute Gasteiger partial charge is 0.346 e. The Morgan fingerprint density at radius 3 is 2.55 bits per heavy atom. The number of hydrogen-bond donors (Lipinski definition) is 1. The van der Waals surface area contributed by atoms with Crippen LogP contribution in [0.15, 0.2) is 66.7 Å². The van der Waals surface area contributed by atoms with Gasteiger partial charge < -0.3 is 14.8 Å². The lowest BCUT2D eigenvalue weighted by Gasteiger charge is -2.10. The molecule has 0 fully saturated rings. The van der Waals surface area contributed by atoms with Gasteiger partial charge in [-0.1, -0.05) is 36.4 Å². The SMILES string of the molecule is COc1cc(C=C2C(=O)Nc3ccccc32)ccc1OC(=O)c1ccccc1F. The number of nitrogens with one attached hydrogen (secondary N) is 1. The fourth-order valence-electron chi connectivity index (χ4n) is 3.09. The van der Waals surface area contributed by atoms with Gasteiger partial charge in [-0.2, -0.15) is 0 Å². The third-order valence-corrected chi connectivity index (χ3v) is 4.51. The highest BCUT2D eigenvalue weighted by molar-refractivity contribution is 6.34. The van der Waals surface area contributed by atoms with Crippen LogP contribution >= 0.6 is 0 Å². The van der Waals surface area contributed by atoms with Crippen molar-refractivity contribution in [1.29, 1.82) is 0 Å². The zero-order chi connectivity index (χ0) is 20.4. The van der Waals surface area contributed by atoms with Gasteiger partial charge in [0.05, 0.1) is 12.7 Å². The number of ether oxygens (including phenoxy) is 2. The van der Waals surface area contributed by atoms with E-state index in [-0.39, 0.29) is 23.0 Å². The normalized spacial score (nSPS) is 13.7. The number of anilines is 1. The molecule has 0 bridgehead atoms. The van der Waals surface area contributed by atoms with Gasteiger partial charge in [-0.05, 0) is 42.0 Å². The van der Waals surface area contributed by atoms with Crippen LogP contribution in [0.3, 0.4) is 0 Å². The maximum atomic E-state index is 13.8. The van der Waals surface area contributed by atoms with E-state index in [1.165, 1.54) is 25.3 Å². The summed E-state index contributed by atoms with van der Waals surface area (Å²) in [7, 11) is 1.43. The highest BCUT2D eigenvalue weighted by atomic mass is 19.1. The van der Waals surface area contributed by atoms with Gasteiger partial charge in [0.25, 0.3) is 5.91 Å². The molecule has 3 aromatic rings. The van der Waals surface area contributed by atoms with Crippen LogP contribution in [-0.2, 0) is 4.79 Å². The summed E-state index contributed by atoms with van der Waals surface area (Å²) >= 11 is 0. The predicted octanol–water partition coefficient (Wildman–Crippen LogP) is 4.55. The predicted molar refractivity (Wildman–Crippen MR) is 107 cm³/mol. The first-order valence-corrected chi connectivity index (χ1v) is 8.84. The quantitative estimate of drug-likeness (QED) is 0.404. The van der Waals surface area contributed by atoms with E-state index in [2.05, 4.69) is 5.32 Å². The summed E-state index contributed by atoms with van der Waals surface area (Å²) in [5.74, 6) is -1.24. The van der Waals surface area contributed by atoms with Crippen LogP contribution in [0, 0.1) is 5.82 Å². The van der Waals surface area contributed by atoms with Gasteiger partial charge >= 0.3 is 5.97 Å². The maximum absolute atomic E-state index is 13.8. The van der Waals surface area contributed by atoms with E-state index in [9.17, 15) is 14.0 Å². The van der Waals surface area contributed by atoms with Crippen LogP contribution in [0.5, 0.6) is 11.5 Å². The first-order chi connectivity index (χ1) is 14.1. The minimum Gasteiger partial charge on any atom is -0.493 e. The molecule has 1 heterocycles. The number of carbonyl (C=O) groups excluding carboxylic acids is 2. The van der Waals surface area contributed by atoms with Gasteiger partial charge in [0.15, 0.2) is 11.5 Å². The van der Waals surface area contributed by atoms with Crippen molar-refractivity contribution in [2.45, 2.75) is 0 Å². The average molecular weight is 389 g/mol. The van der Waals surface area contributed by atoms with Crippen molar-refractivity contribution in [2.75, 3.05) is 12.4 Å². The first-order valence-electron chi connectivity index (χ1n) is 8.84. The van der Waals surface area contributed by atoms with E-state index in [0.717, 1.165) is 11.3 Å². The molecule has 1 amide bonds. The van der Waals surface area contributed by atoms with Gasteiger partial charge in [0.2, 0.25) is 0 Å². The molecule has 0 spiro atoms. The number of carbonyl (C=O) groups is 2. The molecule has 0 unspecified atom stereocenters. The minimum atomic E-state index is -0.823. The minimum absolute atomic E-state index is 0.152. The number of para-hydroxylation sites is 1. The second-order valence-electron chi connectivity index (χ2n) is 6.34. The monoisotopic (exact) mass is 389 g/mol. The van der Waals surface area contributed by atoms with Crippen LogP contribution in [0.25, 0.3) is 11.6 Å². The molecule has 0 aliphatic carbocycles. The van der Waals surface area contributed by atoms with Gasteiger partial charge in [0, 0.05) is 16.8 Å². The van der Waals surface area contributed by atoms with Crippen LogP contribution in [0.1, 0.15) is 21.5 Å². The molecule has 0 atom stereocenters. The summed E-state index contributed by atoms with van der Waals surface area (Å²) in [6.45, 7) is 0. The van der Waals surface area contributed by atoms with Gasteiger partial charge in [-0.15, -0.1) is 0 Å². The number of amides is 1. The van der Waals surface area contributed by atoms with Crippen molar-refractivity contribution in [3.63, 3.8) is 0 Å². The average Bonchev–Trinajstić information content (AvgIpc) is 3.04. The molecular formula is C23H16FNO4. The lowest BCUT2D eigenvalue weighted by molar-refractivity contribution is -0.110. The Bertz CT molecular complexity index is 1150. The molecule has 5 nitrogen and oxygen atoms in total. The van der Waals surface area contributed by atoms with E-state index in [4.69, 9.17) is 9.47 Å². The lowest BCUT2D eigenvalue weighted by Crippen LogP contribution is -2.11. The first kappa shape index (κ1) is 18.4. The van der Waals surface area contributed by atoms with E-state index in [0.29, 0.717) is 11.1 Å². The van der Waals surface area contributed by atoms with E-state index in [1.807, 2.05) is 24.3 Å². The Labute approximate surface area is 166 Å². The van der Waals surface area contributed by atoms with Crippen LogP contribution in [0.4, 0.5) is 10.1 Å². The fraction of sp³-hybridized carbons (Fsp3) is 0.0435. The summed E-state index contributed by atoms with van der Waals surface area (Å²) < 4.78 is 24.4. The second-order valence-corrected chi connectivity index (χ2v) is 6.34. The van der Waals surface area contributed by atoms with Crippen molar-refractivity contribution in [1.82, 2.24) is 0 Å². The van der Waals surface area contributed by atoms with Crippen LogP contribution in [0.2, 0.25) is 0 Å². The third kappa shape index (κ3) is 3.60. The van der Waals surface area contributed by atoms with E-state index < -0.39 is 11.8 Å². The Hall–Kier alpha value is -3.93. The third-order valence-electron chi connectivity index (χ3n) is 4.51. The van der Waals surface area contributed by atoms with Crippen molar-refractivity contribution < 1.29 is 23.5 Å². The summed E-state index contributed by atoms with van der Waals surface area (Å²) in [6, 6.07) is 17.9. The highest BCUT2D eigenvalue weighted by Crippen LogP contribution is 2.35. The number of methoxy groups -OCH3 is 1. The lowest BCUT2D eigenvalue weighted by atomic mass is 10.0. The number of esters is 1. The summed E-state index contributed by atoms with van der Waals surface area (Å²) in [4.78, 5) is 24.5. The summed E-state index contributed by atoms with van der Waals surface area (Å²) in [5.41, 5.74) is 2.62. The maximum Gasteiger partial charge on any atom is 0.346 e. The molecule has 1 aliphatic rings. The molecule has 1 N–H and O–H groups in total. The van der Waals surface area contributed by atoms with Crippen LogP contribution < -0.4 is 14.8 Å². The Balaban J connectivity index is 1.63. The van der Waals surface area contributed by atoms with Crippen molar-refractivity contribution in [3.8, 4) is 11.5 Å². The van der Waals surface area contributed by atoms with Crippen LogP contribution in [-0.4, -0.2) is 19.0 Å². The van der Waals surface area contributed by atoms with Gasteiger partial charge in [0.1, 0.15) is 5.82 Å². The number of fused-ring (bicyclic) bond motifs is 1. The zero-order valence-corrected chi connectivity index (χ0v) is 15.4. The van der Waals surface area contributed by atoms with E-state index >= 15 is 0 Å². The number of halogens is 1. The molecule has 0 aromatic heterocycles. The Morgan fingerprint density at radius 2 is 1.76 bits per heavy atom. The summed E-state index contributed by atoms with van der Waals surface area (Å²) in [5, 5.41) is 2.81.